The van der Waals surface area contributed by atoms with Crippen LogP contribution in [-0.4, -0.2) is 62.6 Å². The number of nitrogens with one attached hydrogen (secondary N) is 3. The summed E-state index contributed by atoms with van der Waals surface area (Å²) in [6, 6.07) is 3.38. The van der Waals surface area contributed by atoms with Gasteiger partial charge in [-0.3, -0.25) is 10.1 Å². The predicted molar refractivity (Wildman–Crippen MR) is 147 cm³/mol. The average molecular weight is 592 g/mol. The maximum absolute atomic E-state index is 13.6. The van der Waals surface area contributed by atoms with Crippen LogP contribution in [0.4, 0.5) is 34.6 Å². The number of carbonyl (C=O) groups is 2. The number of aliphatic hydroxyl groups is 1. The highest BCUT2D eigenvalue weighted by Crippen LogP contribution is 2.33. The molecular weight excluding hydrogens is 567 g/mol. The fourth-order valence-electron chi connectivity index (χ4n) is 4.40. The van der Waals surface area contributed by atoms with Gasteiger partial charge in [-0.05, 0) is 42.5 Å². The van der Waals surface area contributed by atoms with E-state index in [0.29, 0.717) is 32.4 Å². The van der Waals surface area contributed by atoms with E-state index < -0.39 is 29.7 Å². The van der Waals surface area contributed by atoms with Crippen molar-refractivity contribution in [3.05, 3.63) is 58.2 Å². The maximum atomic E-state index is 13.6. The number of aliphatic hydroxyl groups excluding tert-OH is 1. The quantitative estimate of drug-likeness (QED) is 0.225. The summed E-state index contributed by atoms with van der Waals surface area (Å²) < 4.78 is 41.7. The van der Waals surface area contributed by atoms with Crippen molar-refractivity contribution < 1.29 is 27.9 Å². The Labute approximate surface area is 234 Å². The van der Waals surface area contributed by atoms with Crippen LogP contribution in [0.25, 0.3) is 10.2 Å². The molecule has 1 fully saturated rings. The Hall–Kier alpha value is -3.82. The van der Waals surface area contributed by atoms with Crippen LogP contribution in [0.1, 0.15) is 33.6 Å². The Kier molecular flexibility index (Phi) is 8.14. The minimum Gasteiger partial charge on any atom is -0.394 e. The SMILES string of the molecule is O=C(Nc1cc(C(=O)N2CCC[C@H]2CO)cc(C(F)(F)F)c1)Nc1ncc(CCNc2ncnc3ccsc23)s1. The Morgan fingerprint density at radius 2 is 2.00 bits per heavy atom. The number of nitrogens with zero attached hydrogens (tertiary/aromatic N) is 4. The number of amides is 3. The van der Waals surface area contributed by atoms with Gasteiger partial charge in [-0.25, -0.2) is 19.7 Å². The first-order valence-corrected chi connectivity index (χ1v) is 14.0. The predicted octanol–water partition coefficient (Wildman–Crippen LogP) is 5.06. The molecule has 0 unspecified atom stereocenters. The van der Waals surface area contributed by atoms with Crippen molar-refractivity contribution in [1.29, 1.82) is 0 Å². The standard InChI is InChI=1S/C25H24F3N7O3S2/c26-25(27,28)15-8-14(22(37)35-6-1-2-17(35)12-36)9-16(10-15)33-23(38)34-24-30-11-18(40-24)3-5-29-21-20-19(4-7-39-20)31-13-32-21/h4,7-11,13,17,36H,1-3,5-6,12H2,(H,29,31,32)(H2,30,33,34,38)/t17-/m0/s1. The van der Waals surface area contributed by atoms with Crippen LogP contribution in [0.15, 0.2) is 42.2 Å². The van der Waals surface area contributed by atoms with E-state index in [-0.39, 0.29) is 23.0 Å². The Morgan fingerprint density at radius 3 is 2.80 bits per heavy atom. The number of hydrogen-bond donors (Lipinski definition) is 4. The highest BCUT2D eigenvalue weighted by Gasteiger charge is 2.34. The largest absolute Gasteiger partial charge is 0.416 e. The van der Waals surface area contributed by atoms with Crippen LogP contribution in [0.5, 0.6) is 0 Å². The summed E-state index contributed by atoms with van der Waals surface area (Å²) in [6.07, 6.45) is 0.184. The van der Waals surface area contributed by atoms with Crippen molar-refractivity contribution in [3.8, 4) is 0 Å². The molecule has 0 spiro atoms. The third-order valence-electron chi connectivity index (χ3n) is 6.29. The lowest BCUT2D eigenvalue weighted by Crippen LogP contribution is -2.37. The molecule has 0 radical (unpaired) electrons. The number of benzene rings is 1. The summed E-state index contributed by atoms with van der Waals surface area (Å²) in [4.78, 5) is 40.4. The van der Waals surface area contributed by atoms with Crippen LogP contribution >= 0.6 is 22.7 Å². The van der Waals surface area contributed by atoms with E-state index in [4.69, 9.17) is 0 Å². The van der Waals surface area contributed by atoms with E-state index in [0.717, 1.165) is 33.0 Å². The lowest BCUT2D eigenvalue weighted by atomic mass is 10.1. The third kappa shape index (κ3) is 6.32. The highest BCUT2D eigenvalue weighted by atomic mass is 32.1. The number of hydrogen-bond acceptors (Lipinski definition) is 9. The molecule has 1 aliphatic rings. The summed E-state index contributed by atoms with van der Waals surface area (Å²) in [5, 5.41) is 19.9. The smallest absolute Gasteiger partial charge is 0.394 e. The molecule has 4 aromatic rings. The van der Waals surface area contributed by atoms with Gasteiger partial charge < -0.3 is 20.6 Å². The van der Waals surface area contributed by atoms with Gasteiger partial charge in [0, 0.05) is 41.8 Å². The zero-order valence-electron chi connectivity index (χ0n) is 20.9. The number of carbonyl (C=O) groups excluding carboxylic acids is 2. The number of urea groups is 1. The Bertz CT molecular complexity index is 1520. The van der Waals surface area contributed by atoms with Crippen LogP contribution in [0.2, 0.25) is 0 Å². The monoisotopic (exact) mass is 591 g/mol. The van der Waals surface area contributed by atoms with Gasteiger partial charge in [0.1, 0.15) is 12.1 Å². The second kappa shape index (κ2) is 11.7. The molecule has 1 aromatic carbocycles. The zero-order chi connectivity index (χ0) is 28.3. The second-order valence-corrected chi connectivity index (χ2v) is 11.1. The maximum Gasteiger partial charge on any atom is 0.416 e. The summed E-state index contributed by atoms with van der Waals surface area (Å²) >= 11 is 2.77. The molecule has 10 nitrogen and oxygen atoms in total. The minimum atomic E-state index is -4.73. The normalized spacial score (nSPS) is 15.4. The fraction of sp³-hybridized carbons (Fsp3) is 0.320. The fourth-order valence-corrected chi connectivity index (χ4v) is 6.02. The first-order chi connectivity index (χ1) is 19.2. The van der Waals surface area contributed by atoms with Gasteiger partial charge in [-0.15, -0.1) is 22.7 Å². The third-order valence-corrected chi connectivity index (χ3v) is 8.18. The first-order valence-electron chi connectivity index (χ1n) is 12.3. The van der Waals surface area contributed by atoms with Crippen LogP contribution in [-0.2, 0) is 12.6 Å². The second-order valence-electron chi connectivity index (χ2n) is 9.02. The molecule has 3 aromatic heterocycles. The van der Waals surface area contributed by atoms with Crippen molar-refractivity contribution in [2.24, 2.45) is 0 Å². The van der Waals surface area contributed by atoms with E-state index in [1.807, 2.05) is 11.4 Å². The number of thiazole rings is 1. The van der Waals surface area contributed by atoms with Crippen molar-refractivity contribution in [1.82, 2.24) is 19.9 Å². The Morgan fingerprint density at radius 1 is 1.15 bits per heavy atom. The molecule has 210 valence electrons. The van der Waals surface area contributed by atoms with Crippen molar-refractivity contribution >= 4 is 61.5 Å². The lowest BCUT2D eigenvalue weighted by Gasteiger charge is -2.24. The topological polar surface area (TPSA) is 132 Å². The van der Waals surface area contributed by atoms with Gasteiger partial charge >= 0.3 is 12.2 Å². The molecule has 5 rings (SSSR count). The molecule has 0 aliphatic carbocycles. The number of thiophene rings is 1. The molecule has 3 amide bonds. The van der Waals surface area contributed by atoms with E-state index in [1.54, 1.807) is 6.20 Å². The molecule has 0 bridgehead atoms. The van der Waals surface area contributed by atoms with Gasteiger partial charge in [0.05, 0.1) is 28.4 Å². The molecule has 15 heteroatoms. The molecule has 1 saturated heterocycles. The molecule has 1 aliphatic heterocycles. The highest BCUT2D eigenvalue weighted by molar-refractivity contribution is 7.17. The van der Waals surface area contributed by atoms with Crippen molar-refractivity contribution in [2.75, 3.05) is 35.6 Å². The molecule has 0 saturated carbocycles. The molecule has 1 atom stereocenters. The summed E-state index contributed by atoms with van der Waals surface area (Å²) in [7, 11) is 0. The number of anilines is 3. The van der Waals surface area contributed by atoms with Gasteiger partial charge in [0.15, 0.2) is 5.13 Å². The van der Waals surface area contributed by atoms with Gasteiger partial charge in [-0.1, -0.05) is 0 Å². The number of aromatic nitrogens is 3. The lowest BCUT2D eigenvalue weighted by molar-refractivity contribution is -0.137. The van der Waals surface area contributed by atoms with Gasteiger partial charge in [0.25, 0.3) is 5.91 Å². The average Bonchev–Trinajstić information content (AvgIpc) is 3.68. The minimum absolute atomic E-state index is 0.193. The molecule has 4 heterocycles. The van der Waals surface area contributed by atoms with Crippen LogP contribution < -0.4 is 16.0 Å². The van der Waals surface area contributed by atoms with E-state index in [9.17, 15) is 27.9 Å². The van der Waals surface area contributed by atoms with Crippen LogP contribution in [0, 0.1) is 0 Å². The van der Waals surface area contributed by atoms with Crippen molar-refractivity contribution in [2.45, 2.75) is 31.5 Å². The number of halogens is 3. The zero-order valence-corrected chi connectivity index (χ0v) is 22.5. The summed E-state index contributed by atoms with van der Waals surface area (Å²) in [5.74, 6) is 0.101. The molecular formula is C25H24F3N7O3S2. The van der Waals surface area contributed by atoms with Crippen molar-refractivity contribution in [3.63, 3.8) is 0 Å². The van der Waals surface area contributed by atoms with E-state index in [1.165, 1.54) is 40.0 Å². The van der Waals surface area contributed by atoms with E-state index in [2.05, 4.69) is 30.9 Å². The summed E-state index contributed by atoms with van der Waals surface area (Å²) in [5.41, 5.74) is -0.624. The molecule has 40 heavy (non-hydrogen) atoms. The summed E-state index contributed by atoms with van der Waals surface area (Å²) in [6.45, 7) is 0.624. The first kappa shape index (κ1) is 27.7. The van der Waals surface area contributed by atoms with E-state index >= 15 is 0 Å². The van der Waals surface area contributed by atoms with Crippen LogP contribution in [0.3, 0.4) is 0 Å². The number of rotatable bonds is 8. The molecule has 4 N–H and O–H groups in total. The Balaban J connectivity index is 1.22. The number of likely N-dealkylation sites (tertiary alicyclic amines) is 1. The number of fused-ring (bicyclic) bond motifs is 1. The van der Waals surface area contributed by atoms with Gasteiger partial charge in [-0.2, -0.15) is 13.2 Å². The van der Waals surface area contributed by atoms with Gasteiger partial charge in [0.2, 0.25) is 0 Å². The number of alkyl halides is 3.